The summed E-state index contributed by atoms with van der Waals surface area (Å²) < 4.78 is 6.13. The van der Waals surface area contributed by atoms with E-state index in [2.05, 4.69) is 31.8 Å². The van der Waals surface area contributed by atoms with Gasteiger partial charge < -0.3 is 0 Å². The second kappa shape index (κ2) is 5.50. The van der Waals surface area contributed by atoms with E-state index < -0.39 is 0 Å². The molecule has 0 bridgehead atoms. The summed E-state index contributed by atoms with van der Waals surface area (Å²) in [6, 6.07) is 16.2. The number of para-hydroxylation sites is 1. The van der Waals surface area contributed by atoms with Crippen molar-refractivity contribution in [2.24, 2.45) is 0 Å². The summed E-state index contributed by atoms with van der Waals surface area (Å²) in [5.41, 5.74) is 5.87. The Labute approximate surface area is 131 Å². The van der Waals surface area contributed by atoms with Crippen molar-refractivity contribution in [3.63, 3.8) is 0 Å². The van der Waals surface area contributed by atoms with Crippen LogP contribution in [-0.2, 0) is 0 Å². The van der Waals surface area contributed by atoms with Crippen LogP contribution in [0, 0.1) is 0 Å². The SMILES string of the molecule is c1ccc(-c2ccccc2-n2ccnn2)c(-c2ncsn2)c1. The summed E-state index contributed by atoms with van der Waals surface area (Å²) in [4.78, 5) is 4.34. The molecule has 0 spiro atoms. The molecule has 0 radical (unpaired) electrons. The number of hydrogen-bond donors (Lipinski definition) is 0. The first kappa shape index (κ1) is 12.8. The Morgan fingerprint density at radius 3 is 2.36 bits per heavy atom. The van der Waals surface area contributed by atoms with Crippen LogP contribution >= 0.6 is 11.5 Å². The summed E-state index contributed by atoms with van der Waals surface area (Å²) >= 11 is 1.35. The zero-order valence-electron chi connectivity index (χ0n) is 11.5. The number of hydrogen-bond acceptors (Lipinski definition) is 5. The molecule has 2 heterocycles. The van der Waals surface area contributed by atoms with Gasteiger partial charge in [-0.2, -0.15) is 4.37 Å². The van der Waals surface area contributed by atoms with Crippen LogP contribution in [0.1, 0.15) is 0 Å². The van der Waals surface area contributed by atoms with Crippen molar-refractivity contribution >= 4 is 11.5 Å². The molecule has 5 nitrogen and oxygen atoms in total. The smallest absolute Gasteiger partial charge is 0.173 e. The predicted molar refractivity (Wildman–Crippen MR) is 85.7 cm³/mol. The van der Waals surface area contributed by atoms with E-state index in [0.717, 1.165) is 28.2 Å². The average molecular weight is 305 g/mol. The molecule has 4 rings (SSSR count). The van der Waals surface area contributed by atoms with Gasteiger partial charge in [-0.25, -0.2) is 9.67 Å². The van der Waals surface area contributed by atoms with Crippen LogP contribution in [0.2, 0.25) is 0 Å². The molecule has 0 aliphatic rings. The lowest BCUT2D eigenvalue weighted by Crippen LogP contribution is -1.98. The Balaban J connectivity index is 1.95. The minimum Gasteiger partial charge on any atom is -0.223 e. The van der Waals surface area contributed by atoms with E-state index in [9.17, 15) is 0 Å². The van der Waals surface area contributed by atoms with Crippen molar-refractivity contribution in [2.75, 3.05) is 0 Å². The molecule has 0 unspecified atom stereocenters. The fourth-order valence-electron chi connectivity index (χ4n) is 2.44. The van der Waals surface area contributed by atoms with Gasteiger partial charge in [-0.15, -0.1) is 5.10 Å². The molecule has 0 N–H and O–H groups in total. The molecule has 0 fully saturated rings. The number of aromatic nitrogens is 5. The van der Waals surface area contributed by atoms with Crippen molar-refractivity contribution in [3.05, 3.63) is 66.4 Å². The summed E-state index contributed by atoms with van der Waals surface area (Å²) in [6.45, 7) is 0. The monoisotopic (exact) mass is 305 g/mol. The van der Waals surface area contributed by atoms with Gasteiger partial charge in [0.1, 0.15) is 5.51 Å². The molecule has 22 heavy (non-hydrogen) atoms. The fraction of sp³-hybridized carbons (Fsp3) is 0. The topological polar surface area (TPSA) is 56.5 Å². The highest BCUT2D eigenvalue weighted by molar-refractivity contribution is 7.03. The molecule has 2 aromatic carbocycles. The molecule has 2 aromatic heterocycles. The van der Waals surface area contributed by atoms with Gasteiger partial charge in [-0.1, -0.05) is 47.7 Å². The third-order valence-corrected chi connectivity index (χ3v) is 3.87. The van der Waals surface area contributed by atoms with Crippen LogP contribution in [0.3, 0.4) is 0 Å². The summed E-state index contributed by atoms with van der Waals surface area (Å²) in [5.74, 6) is 0.744. The normalized spacial score (nSPS) is 10.7. The van der Waals surface area contributed by atoms with Gasteiger partial charge in [0, 0.05) is 11.1 Å². The van der Waals surface area contributed by atoms with E-state index in [0.29, 0.717) is 0 Å². The minimum absolute atomic E-state index is 0.744. The first-order valence-electron chi connectivity index (χ1n) is 6.75. The van der Waals surface area contributed by atoms with Crippen LogP contribution in [0.15, 0.2) is 66.4 Å². The summed E-state index contributed by atoms with van der Waals surface area (Å²) in [5, 5.41) is 8.00. The Morgan fingerprint density at radius 2 is 1.64 bits per heavy atom. The third-order valence-electron chi connectivity index (χ3n) is 3.39. The zero-order valence-corrected chi connectivity index (χ0v) is 12.3. The lowest BCUT2D eigenvalue weighted by molar-refractivity contribution is 0.804. The van der Waals surface area contributed by atoms with Gasteiger partial charge in [0.05, 0.1) is 18.1 Å². The van der Waals surface area contributed by atoms with Crippen molar-refractivity contribution in [2.45, 2.75) is 0 Å². The second-order valence-corrected chi connectivity index (χ2v) is 5.27. The van der Waals surface area contributed by atoms with Crippen molar-refractivity contribution < 1.29 is 0 Å². The van der Waals surface area contributed by atoms with Gasteiger partial charge >= 0.3 is 0 Å². The van der Waals surface area contributed by atoms with E-state index in [-0.39, 0.29) is 0 Å². The number of benzene rings is 2. The van der Waals surface area contributed by atoms with Crippen molar-refractivity contribution in [1.82, 2.24) is 24.4 Å². The molecule has 4 aromatic rings. The van der Waals surface area contributed by atoms with Gasteiger partial charge in [0.2, 0.25) is 0 Å². The van der Waals surface area contributed by atoms with Crippen LogP contribution in [0.4, 0.5) is 0 Å². The molecular formula is C16H11N5S. The van der Waals surface area contributed by atoms with E-state index in [1.165, 1.54) is 11.5 Å². The Bertz CT molecular complexity index is 809. The highest BCUT2D eigenvalue weighted by Gasteiger charge is 2.13. The van der Waals surface area contributed by atoms with E-state index in [4.69, 9.17) is 0 Å². The quantitative estimate of drug-likeness (QED) is 0.581. The van der Waals surface area contributed by atoms with E-state index in [1.807, 2.05) is 42.6 Å². The van der Waals surface area contributed by atoms with Gasteiger partial charge in [0.25, 0.3) is 0 Å². The molecule has 0 amide bonds. The average Bonchev–Trinajstić information content (AvgIpc) is 3.28. The highest BCUT2D eigenvalue weighted by Crippen LogP contribution is 2.33. The van der Waals surface area contributed by atoms with E-state index in [1.54, 1.807) is 16.4 Å². The maximum Gasteiger partial charge on any atom is 0.173 e. The molecule has 0 atom stereocenters. The highest BCUT2D eigenvalue weighted by atomic mass is 32.1. The lowest BCUT2D eigenvalue weighted by Gasteiger charge is -2.12. The van der Waals surface area contributed by atoms with Crippen molar-refractivity contribution in [3.8, 4) is 28.2 Å². The number of nitrogens with zero attached hydrogens (tertiary/aromatic N) is 5. The molecule has 6 heteroatoms. The van der Waals surface area contributed by atoms with Crippen molar-refractivity contribution in [1.29, 1.82) is 0 Å². The van der Waals surface area contributed by atoms with Crippen LogP contribution < -0.4 is 0 Å². The second-order valence-electron chi connectivity index (χ2n) is 4.67. The zero-order chi connectivity index (χ0) is 14.8. The maximum atomic E-state index is 4.36. The maximum absolute atomic E-state index is 4.36. The Morgan fingerprint density at radius 1 is 0.864 bits per heavy atom. The fourth-order valence-corrected chi connectivity index (χ4v) is 2.88. The summed E-state index contributed by atoms with van der Waals surface area (Å²) in [6.07, 6.45) is 3.51. The summed E-state index contributed by atoms with van der Waals surface area (Å²) in [7, 11) is 0. The molecule has 106 valence electrons. The molecule has 0 aliphatic carbocycles. The van der Waals surface area contributed by atoms with Crippen LogP contribution in [-0.4, -0.2) is 24.4 Å². The minimum atomic E-state index is 0.744. The first-order chi connectivity index (χ1) is 10.9. The first-order valence-corrected chi connectivity index (χ1v) is 7.59. The molecule has 0 saturated heterocycles. The van der Waals surface area contributed by atoms with Gasteiger partial charge in [-0.05, 0) is 23.2 Å². The van der Waals surface area contributed by atoms with Gasteiger partial charge in [0.15, 0.2) is 5.82 Å². The Hall–Kier alpha value is -2.86. The standard InChI is InChI=1S/C16H11N5S/c1-2-7-14(16-17-11-22-19-16)12(5-1)13-6-3-4-8-15(13)21-10-9-18-20-21/h1-11H. The predicted octanol–water partition coefficient (Wildman–Crippen LogP) is 3.45. The molecule has 0 aliphatic heterocycles. The molecular weight excluding hydrogens is 294 g/mol. The van der Waals surface area contributed by atoms with Crippen LogP contribution in [0.5, 0.6) is 0 Å². The van der Waals surface area contributed by atoms with Gasteiger partial charge in [-0.3, -0.25) is 0 Å². The van der Waals surface area contributed by atoms with Crippen LogP contribution in [0.25, 0.3) is 28.2 Å². The largest absolute Gasteiger partial charge is 0.223 e. The lowest BCUT2D eigenvalue weighted by atomic mass is 9.98. The number of rotatable bonds is 3. The Kier molecular flexibility index (Phi) is 3.21. The van der Waals surface area contributed by atoms with E-state index >= 15 is 0 Å². The molecule has 0 saturated carbocycles. The third kappa shape index (κ3) is 2.19.